The van der Waals surface area contributed by atoms with Gasteiger partial charge in [0.1, 0.15) is 16.7 Å². The standard InChI is InChI=1S/C11H6ClFN2O3/c12-10-6-5-9(15(16)17)11(14-10)18-8-3-1-7(13)2-4-8/h1-6H. The van der Waals surface area contributed by atoms with Crippen molar-refractivity contribution in [3.63, 3.8) is 0 Å². The Hall–Kier alpha value is -2.21. The van der Waals surface area contributed by atoms with E-state index in [1.165, 1.54) is 36.4 Å². The molecular formula is C11H6ClFN2O3. The van der Waals surface area contributed by atoms with Crippen molar-refractivity contribution in [1.29, 1.82) is 0 Å². The molecule has 0 unspecified atom stereocenters. The van der Waals surface area contributed by atoms with Gasteiger partial charge in [-0.05, 0) is 30.3 Å². The summed E-state index contributed by atoms with van der Waals surface area (Å²) in [5, 5.41) is 10.8. The van der Waals surface area contributed by atoms with Crippen molar-refractivity contribution in [3.05, 3.63) is 57.5 Å². The van der Waals surface area contributed by atoms with Crippen LogP contribution in [0.5, 0.6) is 11.6 Å². The number of pyridine rings is 1. The minimum Gasteiger partial charge on any atom is -0.434 e. The Morgan fingerprint density at radius 2 is 1.89 bits per heavy atom. The Morgan fingerprint density at radius 1 is 1.22 bits per heavy atom. The summed E-state index contributed by atoms with van der Waals surface area (Å²) < 4.78 is 17.9. The number of hydrogen-bond acceptors (Lipinski definition) is 4. The molecule has 0 aliphatic heterocycles. The number of nitro groups is 1. The molecule has 0 N–H and O–H groups in total. The van der Waals surface area contributed by atoms with Gasteiger partial charge in [0.25, 0.3) is 0 Å². The van der Waals surface area contributed by atoms with Crippen molar-refractivity contribution in [2.45, 2.75) is 0 Å². The van der Waals surface area contributed by atoms with Crippen LogP contribution in [0.25, 0.3) is 0 Å². The van der Waals surface area contributed by atoms with Crippen molar-refractivity contribution >= 4 is 17.3 Å². The van der Waals surface area contributed by atoms with Crippen LogP contribution in [0.15, 0.2) is 36.4 Å². The van der Waals surface area contributed by atoms with Gasteiger partial charge in [0.05, 0.1) is 4.92 Å². The Kier molecular flexibility index (Phi) is 3.38. The van der Waals surface area contributed by atoms with Crippen molar-refractivity contribution in [2.24, 2.45) is 0 Å². The highest BCUT2D eigenvalue weighted by molar-refractivity contribution is 6.29. The molecule has 1 heterocycles. The third kappa shape index (κ3) is 2.72. The highest BCUT2D eigenvalue weighted by Gasteiger charge is 2.18. The fourth-order valence-corrected chi connectivity index (χ4v) is 1.38. The van der Waals surface area contributed by atoms with Gasteiger partial charge in [-0.2, -0.15) is 4.98 Å². The summed E-state index contributed by atoms with van der Waals surface area (Å²) in [4.78, 5) is 13.8. The van der Waals surface area contributed by atoms with Crippen LogP contribution in [-0.2, 0) is 0 Å². The first-order chi connectivity index (χ1) is 8.56. The molecule has 0 amide bonds. The zero-order chi connectivity index (χ0) is 13.1. The molecule has 1 aromatic carbocycles. The summed E-state index contributed by atoms with van der Waals surface area (Å²) >= 11 is 5.64. The minimum absolute atomic E-state index is 0.0673. The van der Waals surface area contributed by atoms with Gasteiger partial charge < -0.3 is 4.74 Å². The summed E-state index contributed by atoms with van der Waals surface area (Å²) in [6.45, 7) is 0. The summed E-state index contributed by atoms with van der Waals surface area (Å²) in [5.74, 6) is -0.440. The second kappa shape index (κ2) is 4.97. The van der Waals surface area contributed by atoms with E-state index in [-0.39, 0.29) is 22.5 Å². The van der Waals surface area contributed by atoms with Crippen molar-refractivity contribution in [3.8, 4) is 11.6 Å². The Balaban J connectivity index is 2.35. The van der Waals surface area contributed by atoms with E-state index in [0.717, 1.165) is 0 Å². The lowest BCUT2D eigenvalue weighted by molar-refractivity contribution is -0.386. The molecule has 92 valence electrons. The highest BCUT2D eigenvalue weighted by Crippen LogP contribution is 2.30. The molecule has 0 bridgehead atoms. The topological polar surface area (TPSA) is 65.3 Å². The second-order valence-corrected chi connectivity index (χ2v) is 3.66. The van der Waals surface area contributed by atoms with Crippen LogP contribution in [0.4, 0.5) is 10.1 Å². The highest BCUT2D eigenvalue weighted by atomic mass is 35.5. The first kappa shape index (κ1) is 12.3. The maximum atomic E-state index is 12.7. The molecule has 0 saturated heterocycles. The fourth-order valence-electron chi connectivity index (χ4n) is 1.24. The minimum atomic E-state index is -0.637. The fraction of sp³-hybridized carbons (Fsp3) is 0. The van der Waals surface area contributed by atoms with Crippen LogP contribution in [0, 0.1) is 15.9 Å². The summed E-state index contributed by atoms with van der Waals surface area (Å²) in [6.07, 6.45) is 0. The number of benzene rings is 1. The average molecular weight is 269 g/mol. The van der Waals surface area contributed by atoms with Crippen LogP contribution in [0.2, 0.25) is 5.15 Å². The molecule has 0 spiro atoms. The molecule has 2 aromatic rings. The number of rotatable bonds is 3. The van der Waals surface area contributed by atoms with Crippen LogP contribution in [-0.4, -0.2) is 9.91 Å². The van der Waals surface area contributed by atoms with Gasteiger partial charge in [0.15, 0.2) is 0 Å². The largest absolute Gasteiger partial charge is 0.434 e. The molecular weight excluding hydrogens is 263 g/mol. The molecule has 5 nitrogen and oxygen atoms in total. The van der Waals surface area contributed by atoms with Gasteiger partial charge in [0.2, 0.25) is 0 Å². The van der Waals surface area contributed by atoms with Crippen molar-refractivity contribution in [2.75, 3.05) is 0 Å². The van der Waals surface area contributed by atoms with Crippen LogP contribution in [0.3, 0.4) is 0 Å². The molecule has 2 rings (SSSR count). The number of nitrogens with zero attached hydrogens (tertiary/aromatic N) is 2. The Bertz CT molecular complexity index is 589. The zero-order valence-corrected chi connectivity index (χ0v) is 9.60. The monoisotopic (exact) mass is 268 g/mol. The van der Waals surface area contributed by atoms with Gasteiger partial charge in [-0.15, -0.1) is 0 Å². The lowest BCUT2D eigenvalue weighted by Crippen LogP contribution is -1.96. The number of halogens is 2. The van der Waals surface area contributed by atoms with Gasteiger partial charge in [-0.1, -0.05) is 11.6 Å². The van der Waals surface area contributed by atoms with E-state index in [4.69, 9.17) is 16.3 Å². The normalized spacial score (nSPS) is 10.1. The third-order valence-electron chi connectivity index (χ3n) is 2.03. The molecule has 0 atom stereocenters. The third-order valence-corrected chi connectivity index (χ3v) is 2.24. The molecule has 18 heavy (non-hydrogen) atoms. The van der Waals surface area contributed by atoms with E-state index in [1.54, 1.807) is 0 Å². The van der Waals surface area contributed by atoms with Crippen molar-refractivity contribution < 1.29 is 14.1 Å². The lowest BCUT2D eigenvalue weighted by atomic mass is 10.3. The molecule has 0 radical (unpaired) electrons. The van der Waals surface area contributed by atoms with E-state index in [2.05, 4.69) is 4.98 Å². The first-order valence-corrected chi connectivity index (χ1v) is 5.18. The Morgan fingerprint density at radius 3 is 2.50 bits per heavy atom. The van der Waals surface area contributed by atoms with Crippen LogP contribution < -0.4 is 4.74 Å². The maximum absolute atomic E-state index is 12.7. The maximum Gasteiger partial charge on any atom is 0.331 e. The van der Waals surface area contributed by atoms with E-state index in [1.807, 2.05) is 0 Å². The first-order valence-electron chi connectivity index (χ1n) is 4.80. The molecule has 0 saturated carbocycles. The van der Waals surface area contributed by atoms with Gasteiger partial charge in [0, 0.05) is 6.07 Å². The summed E-state index contributed by atoms with van der Waals surface area (Å²) in [5.41, 5.74) is -0.316. The van der Waals surface area contributed by atoms with Crippen LogP contribution in [0.1, 0.15) is 0 Å². The molecule has 0 aliphatic carbocycles. The number of ether oxygens (including phenoxy) is 1. The SMILES string of the molecule is O=[N+]([O-])c1ccc(Cl)nc1Oc1ccc(F)cc1. The molecule has 1 aromatic heterocycles. The molecule has 0 aliphatic rings. The Labute approximate surface area is 106 Å². The lowest BCUT2D eigenvalue weighted by Gasteiger charge is -2.05. The number of aromatic nitrogens is 1. The summed E-state index contributed by atoms with van der Waals surface area (Å²) in [7, 11) is 0. The van der Waals surface area contributed by atoms with Gasteiger partial charge >= 0.3 is 11.6 Å². The van der Waals surface area contributed by atoms with E-state index >= 15 is 0 Å². The van der Waals surface area contributed by atoms with Crippen LogP contribution >= 0.6 is 11.6 Å². The van der Waals surface area contributed by atoms with Gasteiger partial charge in [-0.25, -0.2) is 4.39 Å². The van der Waals surface area contributed by atoms with Crippen molar-refractivity contribution in [1.82, 2.24) is 4.98 Å². The number of hydrogen-bond donors (Lipinski definition) is 0. The smallest absolute Gasteiger partial charge is 0.331 e. The molecule has 7 heteroatoms. The zero-order valence-electron chi connectivity index (χ0n) is 8.84. The van der Waals surface area contributed by atoms with Gasteiger partial charge in [-0.3, -0.25) is 10.1 Å². The summed E-state index contributed by atoms with van der Waals surface area (Å²) in [6, 6.07) is 7.49. The van der Waals surface area contributed by atoms with E-state index in [0.29, 0.717) is 0 Å². The van der Waals surface area contributed by atoms with E-state index in [9.17, 15) is 14.5 Å². The molecule has 0 fully saturated rings. The average Bonchev–Trinajstić information content (AvgIpc) is 2.32. The van der Waals surface area contributed by atoms with E-state index < -0.39 is 10.7 Å². The predicted molar refractivity (Wildman–Crippen MR) is 62.4 cm³/mol. The second-order valence-electron chi connectivity index (χ2n) is 3.27. The predicted octanol–water partition coefficient (Wildman–Crippen LogP) is 3.57. The quantitative estimate of drug-likeness (QED) is 0.485.